The van der Waals surface area contributed by atoms with Crippen molar-refractivity contribution in [1.29, 1.82) is 0 Å². The van der Waals surface area contributed by atoms with Crippen molar-refractivity contribution in [2.75, 3.05) is 4.72 Å². The van der Waals surface area contributed by atoms with E-state index >= 15 is 0 Å². The summed E-state index contributed by atoms with van der Waals surface area (Å²) in [6.07, 6.45) is 0. The summed E-state index contributed by atoms with van der Waals surface area (Å²) in [5.41, 5.74) is 0. The van der Waals surface area contributed by atoms with Crippen molar-refractivity contribution in [3.8, 4) is 0 Å². The number of aryl methyl sites for hydroxylation is 1. The first-order valence-electron chi connectivity index (χ1n) is 4.74. The molecule has 11 heteroatoms. The second kappa shape index (κ2) is 4.90. The van der Waals surface area contributed by atoms with Gasteiger partial charge in [0.05, 0.1) is 3.79 Å². The van der Waals surface area contributed by atoms with Crippen molar-refractivity contribution < 1.29 is 18.3 Å². The molecule has 0 amide bonds. The molecule has 0 atom stereocenters. The van der Waals surface area contributed by atoms with Gasteiger partial charge in [-0.2, -0.15) is 4.98 Å². The molecule has 2 aromatic heterocycles. The van der Waals surface area contributed by atoms with E-state index < -0.39 is 16.0 Å². The maximum atomic E-state index is 12.0. The molecular weight excluding hydrogens is 360 g/mol. The fourth-order valence-corrected chi connectivity index (χ4v) is 4.55. The van der Waals surface area contributed by atoms with Gasteiger partial charge >= 0.3 is 5.97 Å². The van der Waals surface area contributed by atoms with Gasteiger partial charge < -0.3 is 5.11 Å². The highest BCUT2D eigenvalue weighted by atomic mass is 79.9. The Morgan fingerprint density at radius 3 is 2.74 bits per heavy atom. The fraction of sp³-hybridized carbons (Fsp3) is 0.125. The second-order valence-electron chi connectivity index (χ2n) is 3.40. The van der Waals surface area contributed by atoms with E-state index in [0.717, 1.165) is 17.4 Å². The van der Waals surface area contributed by atoms with Crippen LogP contribution in [0.2, 0.25) is 0 Å². The molecule has 0 spiro atoms. The van der Waals surface area contributed by atoms with Crippen molar-refractivity contribution in [1.82, 2.24) is 15.2 Å². The lowest BCUT2D eigenvalue weighted by Gasteiger charge is -2.02. The Morgan fingerprint density at radius 1 is 1.58 bits per heavy atom. The van der Waals surface area contributed by atoms with Gasteiger partial charge in [0, 0.05) is 0 Å². The molecule has 0 fully saturated rings. The number of aromatic carboxylic acids is 1. The van der Waals surface area contributed by atoms with Crippen LogP contribution in [-0.2, 0) is 10.0 Å². The average Bonchev–Trinajstić information content (AvgIpc) is 2.85. The normalized spacial score (nSPS) is 11.5. The Morgan fingerprint density at radius 2 is 2.26 bits per heavy atom. The van der Waals surface area contributed by atoms with Crippen LogP contribution in [0.15, 0.2) is 14.7 Å². The van der Waals surface area contributed by atoms with E-state index in [2.05, 4.69) is 35.8 Å². The van der Waals surface area contributed by atoms with E-state index in [-0.39, 0.29) is 19.5 Å². The number of carbonyl (C=O) groups is 1. The molecule has 0 radical (unpaired) electrons. The number of carboxylic acids is 1. The van der Waals surface area contributed by atoms with Crippen LogP contribution in [0.25, 0.3) is 0 Å². The van der Waals surface area contributed by atoms with Gasteiger partial charge in [0.15, 0.2) is 0 Å². The number of carboxylic acid groups (broad SMARTS) is 1. The monoisotopic (exact) mass is 366 g/mol. The Balaban J connectivity index is 2.37. The van der Waals surface area contributed by atoms with Crippen LogP contribution in [-0.4, -0.2) is 34.7 Å². The molecule has 0 unspecified atom stereocenters. The van der Waals surface area contributed by atoms with Crippen LogP contribution in [0.5, 0.6) is 0 Å². The predicted molar refractivity (Wildman–Crippen MR) is 70.9 cm³/mol. The molecule has 0 aromatic carbocycles. The van der Waals surface area contributed by atoms with Crippen LogP contribution < -0.4 is 4.72 Å². The number of anilines is 1. The number of aromatic amines is 1. The Labute approximate surface area is 120 Å². The van der Waals surface area contributed by atoms with E-state index in [9.17, 15) is 13.2 Å². The number of H-pyrrole nitrogens is 1. The minimum absolute atomic E-state index is 0.0848. The highest BCUT2D eigenvalue weighted by Gasteiger charge is 2.24. The highest BCUT2D eigenvalue weighted by molar-refractivity contribution is 9.11. The zero-order valence-corrected chi connectivity index (χ0v) is 12.6. The quantitative estimate of drug-likeness (QED) is 0.751. The van der Waals surface area contributed by atoms with E-state index in [1.54, 1.807) is 6.92 Å². The number of hydrogen-bond donors (Lipinski definition) is 3. The van der Waals surface area contributed by atoms with Crippen LogP contribution in [0.1, 0.15) is 15.5 Å². The fourth-order valence-electron chi connectivity index (χ4n) is 1.20. The van der Waals surface area contributed by atoms with Gasteiger partial charge in [0.1, 0.15) is 15.6 Å². The van der Waals surface area contributed by atoms with Crippen molar-refractivity contribution >= 4 is 49.2 Å². The molecule has 8 nitrogen and oxygen atoms in total. The lowest BCUT2D eigenvalue weighted by molar-refractivity contribution is 0.0702. The van der Waals surface area contributed by atoms with E-state index in [1.165, 1.54) is 0 Å². The van der Waals surface area contributed by atoms with Gasteiger partial charge in [-0.15, -0.1) is 16.4 Å². The minimum atomic E-state index is -3.94. The number of nitrogens with one attached hydrogen (secondary N) is 2. The van der Waals surface area contributed by atoms with Gasteiger partial charge in [-0.05, 0) is 28.9 Å². The first kappa shape index (κ1) is 14.0. The van der Waals surface area contributed by atoms with Gasteiger partial charge in [0.25, 0.3) is 16.0 Å². The van der Waals surface area contributed by atoms with E-state index in [0.29, 0.717) is 5.82 Å². The SMILES string of the molecule is Cc1nc(NS(=O)(=O)c2cc(C(=O)O)sc2Br)n[nH]1. The van der Waals surface area contributed by atoms with Crippen molar-refractivity contribution in [2.45, 2.75) is 11.8 Å². The minimum Gasteiger partial charge on any atom is -0.477 e. The lowest BCUT2D eigenvalue weighted by Crippen LogP contribution is -2.13. The smallest absolute Gasteiger partial charge is 0.345 e. The van der Waals surface area contributed by atoms with Crippen LogP contribution >= 0.6 is 27.3 Å². The molecule has 2 heterocycles. The molecule has 0 aliphatic carbocycles. The molecule has 0 aliphatic heterocycles. The average molecular weight is 367 g/mol. The number of sulfonamides is 1. The third kappa shape index (κ3) is 2.93. The number of aromatic nitrogens is 3. The van der Waals surface area contributed by atoms with E-state index in [4.69, 9.17) is 5.11 Å². The maximum Gasteiger partial charge on any atom is 0.345 e. The zero-order chi connectivity index (χ0) is 14.2. The van der Waals surface area contributed by atoms with Crippen LogP contribution in [0.4, 0.5) is 5.95 Å². The first-order chi connectivity index (χ1) is 8.79. The molecule has 0 saturated heterocycles. The summed E-state index contributed by atoms with van der Waals surface area (Å²) in [6.45, 7) is 1.62. The zero-order valence-electron chi connectivity index (χ0n) is 9.34. The number of thiophene rings is 1. The van der Waals surface area contributed by atoms with Crippen LogP contribution in [0.3, 0.4) is 0 Å². The van der Waals surface area contributed by atoms with Gasteiger partial charge in [-0.1, -0.05) is 0 Å². The summed E-state index contributed by atoms with van der Waals surface area (Å²) < 4.78 is 26.4. The molecule has 0 aliphatic rings. The topological polar surface area (TPSA) is 125 Å². The predicted octanol–water partition coefficient (Wildman–Crippen LogP) is 1.44. The van der Waals surface area contributed by atoms with E-state index in [1.807, 2.05) is 0 Å². The molecule has 0 saturated carbocycles. The van der Waals surface area contributed by atoms with Gasteiger partial charge in [0.2, 0.25) is 0 Å². The number of halogens is 1. The number of hydrogen-bond acceptors (Lipinski definition) is 6. The van der Waals surface area contributed by atoms with Crippen molar-refractivity contribution in [3.63, 3.8) is 0 Å². The van der Waals surface area contributed by atoms with Gasteiger partial charge in [-0.3, -0.25) is 5.10 Å². The maximum absolute atomic E-state index is 12.0. The molecule has 2 aromatic rings. The summed E-state index contributed by atoms with van der Waals surface area (Å²) in [4.78, 5) is 14.4. The summed E-state index contributed by atoms with van der Waals surface area (Å²) >= 11 is 3.84. The highest BCUT2D eigenvalue weighted by Crippen LogP contribution is 2.32. The Hall–Kier alpha value is -1.46. The van der Waals surface area contributed by atoms with Crippen LogP contribution in [0, 0.1) is 6.92 Å². The van der Waals surface area contributed by atoms with Crippen molar-refractivity contribution in [3.05, 3.63) is 20.6 Å². The van der Waals surface area contributed by atoms with Crippen molar-refractivity contribution in [2.24, 2.45) is 0 Å². The summed E-state index contributed by atoms with van der Waals surface area (Å²) in [5, 5.41) is 15.0. The molecular formula is C8H7BrN4O4S2. The number of nitrogens with zero attached hydrogens (tertiary/aromatic N) is 2. The lowest BCUT2D eigenvalue weighted by atomic mass is 10.5. The summed E-state index contributed by atoms with van der Waals surface area (Å²) in [7, 11) is -3.94. The van der Waals surface area contributed by atoms with Gasteiger partial charge in [-0.25, -0.2) is 17.9 Å². The largest absolute Gasteiger partial charge is 0.477 e. The summed E-state index contributed by atoms with van der Waals surface area (Å²) in [6, 6.07) is 1.07. The number of rotatable bonds is 4. The standard InChI is InChI=1S/C8H7BrN4O4S2/c1-3-10-8(12-11-3)13-19(16,17)5-2-4(7(14)15)18-6(5)9/h2H,1H3,(H,14,15)(H2,10,11,12,13). The Bertz CT molecular complexity index is 736. The summed E-state index contributed by atoms with van der Waals surface area (Å²) in [5.74, 6) is -0.846. The third-order valence-corrected chi connectivity index (χ3v) is 5.55. The molecule has 0 bridgehead atoms. The molecule has 2 rings (SSSR count). The Kier molecular flexibility index (Phi) is 3.60. The molecule has 19 heavy (non-hydrogen) atoms. The molecule has 3 N–H and O–H groups in total. The second-order valence-corrected chi connectivity index (χ2v) is 7.42. The molecule has 102 valence electrons. The first-order valence-corrected chi connectivity index (χ1v) is 7.83. The third-order valence-electron chi connectivity index (χ3n) is 1.98.